The molecule has 0 bridgehead atoms. The van der Waals surface area contributed by atoms with Gasteiger partial charge < -0.3 is 91.0 Å². The molecule has 676 valence electrons. The maximum atomic E-state index is 14.3. The van der Waals surface area contributed by atoms with Gasteiger partial charge in [-0.1, -0.05) is 18.2 Å². The maximum absolute atomic E-state index is 14.3. The van der Waals surface area contributed by atoms with E-state index >= 15 is 0 Å². The molecule has 23 nitrogen and oxygen atoms in total. The van der Waals surface area contributed by atoms with Crippen molar-refractivity contribution in [2.75, 3.05) is 165 Å². The summed E-state index contributed by atoms with van der Waals surface area (Å²) in [6.07, 6.45) is 12.0. The molecule has 3 saturated heterocycles. The van der Waals surface area contributed by atoms with E-state index in [0.717, 1.165) is 286 Å². The summed E-state index contributed by atoms with van der Waals surface area (Å²) >= 11 is 0. The Labute approximate surface area is 760 Å². The molecule has 28 heteroatoms. The number of nitrogens with zero attached hydrogens (tertiary/aromatic N) is 15. The molecular formula is C104H104F5N17O6. The van der Waals surface area contributed by atoms with E-state index in [0.29, 0.717) is 19.1 Å². The largest absolute Gasteiger partial charge is 0.497 e. The van der Waals surface area contributed by atoms with Crippen molar-refractivity contribution in [3.05, 3.63) is 286 Å². The van der Waals surface area contributed by atoms with E-state index in [4.69, 9.17) is 38.1 Å². The van der Waals surface area contributed by atoms with Crippen LogP contribution in [0.1, 0.15) is 56.3 Å². The third-order valence-electron chi connectivity index (χ3n) is 27.5. The van der Waals surface area contributed by atoms with Crippen LogP contribution in [0, 0.1) is 29.1 Å². The summed E-state index contributed by atoms with van der Waals surface area (Å²) in [5.74, 6) is 2.64. The summed E-state index contributed by atoms with van der Waals surface area (Å²) in [5, 5.41) is 7.33. The first-order chi connectivity index (χ1) is 64.5. The van der Waals surface area contributed by atoms with Gasteiger partial charge in [0.25, 0.3) is 6.01 Å². The number of oxazole rings is 1. The molecular weight excluding hydrogens is 1680 g/mol. The Morgan fingerprint density at radius 3 is 1.45 bits per heavy atom. The quantitative estimate of drug-likeness (QED) is 0.123. The van der Waals surface area contributed by atoms with E-state index in [2.05, 4.69) is 154 Å². The van der Waals surface area contributed by atoms with E-state index < -0.39 is 0 Å². The van der Waals surface area contributed by atoms with Crippen LogP contribution in [0.4, 0.5) is 68.0 Å². The van der Waals surface area contributed by atoms with Gasteiger partial charge in [-0.15, -0.1) is 0 Å². The standard InChI is InChI=1S/C23H21FN2O.C22H21FN4O2.C21H23FN4O.C20H21FN4O.C18H18FN3O/c1-25-22-8-5-17(24)13-20(22)21-14-26(10-9-23(21)25)18-6-3-16-12-19(27-2)7-4-15(16)11-18;23-14-1-3-16-17-13-27(6-5-18(17)24-19(16)11-14)22-25-20-12-15(2-4-21(20)29-22)26-7-9-28-10-8-26;1-24-19-6-7-26(14-18(19)17-4-2-15(22)12-20(17)24)21-5-3-16(13-23-21)25-8-10-27-11-9-25;21-16-2-1-3-18-20(16)15-13-25(7-6-17(15)23-18)19-5-4-14(12-22-19)24-8-10-26-11-9-24;1-21-17-4-3-12(19)7-15(17)16-11-22(6-5-18(16)21)13-8-14(23-2)10-20-9-13/h3-8,11-13H,9-10,14H2,1-2H3;1-4,11-12,24H,5-10,13H2;2-5,12-13H,6-11,14H2,1H3;1-5,12,23H,6-11,13H2;3-4,7-10H,5-6,11H2,1-2H3. The van der Waals surface area contributed by atoms with Crippen LogP contribution in [0.3, 0.4) is 0 Å². The van der Waals surface area contributed by atoms with Crippen molar-refractivity contribution in [3.63, 3.8) is 0 Å². The number of morpholine rings is 3. The number of aryl methyl sites for hydroxylation is 3. The molecule has 0 amide bonds. The van der Waals surface area contributed by atoms with Gasteiger partial charge in [-0.2, -0.15) is 4.98 Å². The molecule has 0 unspecified atom stereocenters. The molecule has 2 N–H and O–H groups in total. The minimum Gasteiger partial charge on any atom is -0.497 e. The Kier molecular flexibility index (Phi) is 23.5. The number of ether oxygens (including phenoxy) is 5. The Hall–Kier alpha value is -13.8. The van der Waals surface area contributed by atoms with Crippen molar-refractivity contribution in [1.82, 2.24) is 43.6 Å². The third-order valence-corrected chi connectivity index (χ3v) is 27.5. The third kappa shape index (κ3) is 16.9. The Balaban J connectivity index is 0.0000000996. The highest BCUT2D eigenvalue weighted by atomic mass is 19.1. The van der Waals surface area contributed by atoms with Gasteiger partial charge in [0.15, 0.2) is 5.58 Å². The van der Waals surface area contributed by atoms with Crippen LogP contribution in [0.15, 0.2) is 205 Å². The Bertz CT molecular complexity index is 7130. The van der Waals surface area contributed by atoms with Crippen molar-refractivity contribution in [2.45, 2.75) is 64.8 Å². The number of halogens is 5. The van der Waals surface area contributed by atoms with E-state index in [1.165, 1.54) is 79.7 Å². The van der Waals surface area contributed by atoms with Gasteiger partial charge in [-0.25, -0.2) is 31.9 Å². The molecule has 8 aliphatic rings. The summed E-state index contributed by atoms with van der Waals surface area (Å²) in [6.45, 7) is 18.3. The molecule has 9 aromatic heterocycles. The number of anilines is 8. The van der Waals surface area contributed by atoms with Crippen LogP contribution in [0.5, 0.6) is 11.5 Å². The number of aromatic nitrogens is 9. The molecule has 17 heterocycles. The van der Waals surface area contributed by atoms with Gasteiger partial charge in [-0.3, -0.25) is 4.98 Å². The molecule has 8 aromatic carbocycles. The van der Waals surface area contributed by atoms with Crippen molar-refractivity contribution in [3.8, 4) is 11.5 Å². The summed E-state index contributed by atoms with van der Waals surface area (Å²) in [6, 6.07) is 55.3. The molecule has 17 aromatic rings. The average molecular weight is 1780 g/mol. The second-order valence-electron chi connectivity index (χ2n) is 35.0. The van der Waals surface area contributed by atoms with Crippen molar-refractivity contribution < 1.29 is 50.1 Å². The molecule has 0 radical (unpaired) electrons. The van der Waals surface area contributed by atoms with Gasteiger partial charge in [0.1, 0.15) is 57.7 Å². The smallest absolute Gasteiger partial charge is 0.298 e. The number of hydrogen-bond donors (Lipinski definition) is 2. The second kappa shape index (κ2) is 36.5. The highest BCUT2D eigenvalue weighted by Gasteiger charge is 2.32. The minimum atomic E-state index is -0.219. The van der Waals surface area contributed by atoms with Crippen molar-refractivity contribution >= 4 is 122 Å². The lowest BCUT2D eigenvalue weighted by Gasteiger charge is -2.31. The van der Waals surface area contributed by atoms with Crippen LogP contribution in [0.25, 0.3) is 76.4 Å². The normalized spacial score (nSPS) is 16.1. The first kappa shape index (κ1) is 85.0. The second-order valence-corrected chi connectivity index (χ2v) is 35.0. The zero-order chi connectivity index (χ0) is 89.8. The summed E-state index contributed by atoms with van der Waals surface area (Å²) in [7, 11) is 9.50. The topological polar surface area (TPSA) is 183 Å². The predicted molar refractivity (Wildman–Crippen MR) is 512 cm³/mol. The molecule has 0 saturated carbocycles. The van der Waals surface area contributed by atoms with Crippen molar-refractivity contribution in [2.24, 2.45) is 21.1 Å². The molecule has 25 rings (SSSR count). The lowest BCUT2D eigenvalue weighted by Crippen LogP contribution is -2.36. The summed E-state index contributed by atoms with van der Waals surface area (Å²) < 4.78 is 109. The van der Waals surface area contributed by atoms with E-state index in [1.54, 1.807) is 62.9 Å². The SMILES string of the molecule is COc1ccc2cc(N3CCc4c(c5cc(F)ccc5n4C)C3)ccc2c1.COc1cncc(N2CCc3c(c4cc(F)ccc4n3C)C2)c1.Cn1c2c(c3ccc(F)cc31)CN(c1ccc(N3CCOCC3)cn1)CC2.Fc1ccc2c3c([nH]c2c1)CCN(c1nc2cc(N4CCOCC4)ccc2o1)C3.Fc1cccc2[nH]c3c(c12)CN(c1ccc(N2CCOCC2)cn1)CC3. The zero-order valence-corrected chi connectivity index (χ0v) is 74.7. The van der Waals surface area contributed by atoms with Crippen LogP contribution in [-0.4, -0.2) is 169 Å². The molecule has 132 heavy (non-hydrogen) atoms. The van der Waals surface area contributed by atoms with Gasteiger partial charge in [0, 0.05) is 281 Å². The van der Waals surface area contributed by atoms with E-state index in [-0.39, 0.29) is 29.1 Å². The number of nitrogens with one attached hydrogen (secondary N) is 2. The fraction of sp³-hybridized carbons (Fsp3) is 0.308. The first-order valence-electron chi connectivity index (χ1n) is 45.5. The fourth-order valence-corrected chi connectivity index (χ4v) is 20.5. The molecule has 8 aliphatic heterocycles. The van der Waals surface area contributed by atoms with Gasteiger partial charge in [0.05, 0.1) is 101 Å². The van der Waals surface area contributed by atoms with Gasteiger partial charge in [-0.05, 0) is 162 Å². The zero-order valence-electron chi connectivity index (χ0n) is 74.7. The molecule has 0 atom stereocenters. The lowest BCUT2D eigenvalue weighted by atomic mass is 10.0. The number of methoxy groups -OCH3 is 2. The molecule has 0 aliphatic carbocycles. The number of fused-ring (bicyclic) bond motifs is 17. The lowest BCUT2D eigenvalue weighted by molar-refractivity contribution is 0.122. The number of pyridine rings is 3. The fourth-order valence-electron chi connectivity index (χ4n) is 20.5. The number of benzene rings is 8. The van der Waals surface area contributed by atoms with E-state index in [1.807, 2.05) is 74.2 Å². The van der Waals surface area contributed by atoms with Crippen LogP contribution in [-0.2, 0) is 100 Å². The van der Waals surface area contributed by atoms with E-state index in [9.17, 15) is 22.0 Å². The average Bonchev–Trinajstić information content (AvgIpc) is 1.73. The Morgan fingerprint density at radius 2 is 0.833 bits per heavy atom. The van der Waals surface area contributed by atoms with Crippen LogP contribution in [0.2, 0.25) is 0 Å². The number of aromatic amines is 2. The Morgan fingerprint density at radius 1 is 0.348 bits per heavy atom. The predicted octanol–water partition coefficient (Wildman–Crippen LogP) is 18.4. The minimum absolute atomic E-state index is 0.155. The molecule has 3 fully saturated rings. The van der Waals surface area contributed by atoms with Gasteiger partial charge >= 0.3 is 0 Å². The highest BCUT2D eigenvalue weighted by molar-refractivity contribution is 5.92. The van der Waals surface area contributed by atoms with Gasteiger partial charge in [0.2, 0.25) is 0 Å². The monoisotopic (exact) mass is 1780 g/mol. The summed E-state index contributed by atoms with van der Waals surface area (Å²) in [4.78, 5) is 43.4. The maximum Gasteiger partial charge on any atom is 0.298 e. The number of rotatable bonds is 10. The van der Waals surface area contributed by atoms with Crippen molar-refractivity contribution in [1.29, 1.82) is 0 Å². The van der Waals surface area contributed by atoms with Crippen LogP contribution >= 0.6 is 0 Å². The number of hydrogen-bond acceptors (Lipinski definition) is 18. The molecule has 0 spiro atoms. The highest BCUT2D eigenvalue weighted by Crippen LogP contribution is 2.41. The van der Waals surface area contributed by atoms with Crippen LogP contribution < -0.4 is 48.7 Å². The number of H-pyrrole nitrogens is 2. The first-order valence-corrected chi connectivity index (χ1v) is 45.5. The summed E-state index contributed by atoms with van der Waals surface area (Å²) in [5.41, 5.74) is 24.5.